The second-order valence-corrected chi connectivity index (χ2v) is 4.84. The number of ether oxygens (including phenoxy) is 1. The van der Waals surface area contributed by atoms with E-state index in [9.17, 15) is 0 Å². The molecular weight excluding hydrogens is 302 g/mol. The lowest BCUT2D eigenvalue weighted by molar-refractivity contribution is 0.304. The smallest absolute Gasteiger partial charge is 0.133 e. The Morgan fingerprint density at radius 1 is 1.18 bits per heavy atom. The quantitative estimate of drug-likeness (QED) is 0.859. The van der Waals surface area contributed by atoms with Crippen LogP contribution in [0.4, 0.5) is 5.69 Å². The van der Waals surface area contributed by atoms with Gasteiger partial charge in [0.1, 0.15) is 12.4 Å². The first-order valence-corrected chi connectivity index (χ1v) is 6.25. The molecule has 2 aromatic rings. The molecule has 0 radical (unpaired) electrons. The highest BCUT2D eigenvalue weighted by atomic mass is 79.9. The lowest BCUT2D eigenvalue weighted by Gasteiger charge is -2.08. The Hall–Kier alpha value is -1.19. The highest BCUT2D eigenvalue weighted by molar-refractivity contribution is 9.10. The summed E-state index contributed by atoms with van der Waals surface area (Å²) in [4.78, 5) is 0. The molecule has 0 aliphatic heterocycles. The number of halogens is 2. The first-order chi connectivity index (χ1) is 8.16. The number of para-hydroxylation sites is 1. The van der Waals surface area contributed by atoms with Crippen LogP contribution in [0.2, 0.25) is 5.02 Å². The number of anilines is 1. The first-order valence-electron chi connectivity index (χ1n) is 5.08. The van der Waals surface area contributed by atoms with Crippen LogP contribution >= 0.6 is 27.5 Å². The van der Waals surface area contributed by atoms with E-state index in [1.807, 2.05) is 36.4 Å². The molecule has 0 atom stereocenters. The molecule has 0 saturated heterocycles. The molecule has 0 aliphatic rings. The number of hydrogen-bond donors (Lipinski definition) is 1. The Labute approximate surface area is 113 Å². The molecular formula is C13H11BrClNO. The molecule has 0 saturated carbocycles. The van der Waals surface area contributed by atoms with Gasteiger partial charge in [-0.05, 0) is 45.8 Å². The molecule has 0 amide bonds. The summed E-state index contributed by atoms with van der Waals surface area (Å²) >= 11 is 9.36. The van der Waals surface area contributed by atoms with E-state index < -0.39 is 0 Å². The molecule has 0 heterocycles. The minimum absolute atomic E-state index is 0.461. The van der Waals surface area contributed by atoms with Crippen molar-refractivity contribution in [1.82, 2.24) is 0 Å². The van der Waals surface area contributed by atoms with Crippen LogP contribution in [-0.4, -0.2) is 0 Å². The van der Waals surface area contributed by atoms with E-state index in [1.54, 1.807) is 6.07 Å². The normalized spacial score (nSPS) is 10.2. The molecule has 0 bridgehead atoms. The van der Waals surface area contributed by atoms with E-state index in [4.69, 9.17) is 22.1 Å². The molecule has 0 spiro atoms. The van der Waals surface area contributed by atoms with Crippen LogP contribution < -0.4 is 10.5 Å². The fourth-order valence-electron chi connectivity index (χ4n) is 1.38. The van der Waals surface area contributed by atoms with E-state index in [0.717, 1.165) is 15.8 Å². The maximum absolute atomic E-state index is 5.94. The Bertz CT molecular complexity index is 531. The monoisotopic (exact) mass is 311 g/mol. The Kier molecular flexibility index (Phi) is 3.92. The van der Waals surface area contributed by atoms with E-state index in [-0.39, 0.29) is 0 Å². The Balaban J connectivity index is 2.08. The minimum atomic E-state index is 0.461. The van der Waals surface area contributed by atoms with Crippen molar-refractivity contribution in [1.29, 1.82) is 0 Å². The molecule has 17 heavy (non-hydrogen) atoms. The summed E-state index contributed by atoms with van der Waals surface area (Å²) in [5.74, 6) is 0.806. The van der Waals surface area contributed by atoms with Gasteiger partial charge in [-0.1, -0.05) is 29.8 Å². The van der Waals surface area contributed by atoms with Crippen LogP contribution in [0.25, 0.3) is 0 Å². The first kappa shape index (κ1) is 12.3. The zero-order valence-corrected chi connectivity index (χ0v) is 11.3. The summed E-state index contributed by atoms with van der Waals surface area (Å²) < 4.78 is 6.60. The second kappa shape index (κ2) is 5.43. The largest absolute Gasteiger partial charge is 0.488 e. The van der Waals surface area contributed by atoms with E-state index in [0.29, 0.717) is 17.3 Å². The van der Waals surface area contributed by atoms with Crippen LogP contribution in [0.3, 0.4) is 0 Å². The molecule has 2 aromatic carbocycles. The molecule has 2 nitrogen and oxygen atoms in total. The van der Waals surface area contributed by atoms with E-state index in [2.05, 4.69) is 15.9 Å². The van der Waals surface area contributed by atoms with Crippen molar-refractivity contribution in [2.45, 2.75) is 6.61 Å². The molecule has 0 aromatic heterocycles. The second-order valence-electron chi connectivity index (χ2n) is 3.57. The van der Waals surface area contributed by atoms with Gasteiger partial charge in [0.2, 0.25) is 0 Å². The number of benzene rings is 2. The topological polar surface area (TPSA) is 35.2 Å². The van der Waals surface area contributed by atoms with Crippen molar-refractivity contribution in [2.24, 2.45) is 0 Å². The third-order valence-electron chi connectivity index (χ3n) is 2.30. The van der Waals surface area contributed by atoms with Gasteiger partial charge in [0.15, 0.2) is 0 Å². The summed E-state index contributed by atoms with van der Waals surface area (Å²) in [5, 5.41) is 0.554. The zero-order chi connectivity index (χ0) is 12.3. The number of nitrogens with two attached hydrogens (primary N) is 1. The average molecular weight is 313 g/mol. The van der Waals surface area contributed by atoms with Gasteiger partial charge >= 0.3 is 0 Å². The van der Waals surface area contributed by atoms with Crippen molar-refractivity contribution in [3.63, 3.8) is 0 Å². The summed E-state index contributed by atoms with van der Waals surface area (Å²) in [6.45, 7) is 0.461. The molecule has 0 aliphatic carbocycles. The average Bonchev–Trinajstić information content (AvgIpc) is 2.32. The van der Waals surface area contributed by atoms with Crippen LogP contribution in [0, 0.1) is 0 Å². The number of hydrogen-bond acceptors (Lipinski definition) is 2. The van der Waals surface area contributed by atoms with Crippen molar-refractivity contribution in [2.75, 3.05) is 5.73 Å². The molecule has 2 N–H and O–H groups in total. The third kappa shape index (κ3) is 3.14. The third-order valence-corrected chi connectivity index (χ3v) is 3.28. The van der Waals surface area contributed by atoms with Gasteiger partial charge in [0.05, 0.1) is 15.2 Å². The van der Waals surface area contributed by atoms with Gasteiger partial charge in [0, 0.05) is 0 Å². The molecule has 0 fully saturated rings. The SMILES string of the molecule is Nc1ccc(COc2ccccc2Br)cc1Cl. The summed E-state index contributed by atoms with van der Waals surface area (Å²) in [5.41, 5.74) is 7.21. The maximum Gasteiger partial charge on any atom is 0.133 e. The molecule has 88 valence electrons. The Morgan fingerprint density at radius 3 is 2.65 bits per heavy atom. The van der Waals surface area contributed by atoms with Crippen molar-refractivity contribution < 1.29 is 4.74 Å². The predicted molar refractivity (Wildman–Crippen MR) is 74.3 cm³/mol. The van der Waals surface area contributed by atoms with Gasteiger partial charge in [-0.2, -0.15) is 0 Å². The van der Waals surface area contributed by atoms with Gasteiger partial charge < -0.3 is 10.5 Å². The van der Waals surface area contributed by atoms with Crippen molar-refractivity contribution in [3.8, 4) is 5.75 Å². The molecule has 4 heteroatoms. The van der Waals surface area contributed by atoms with Gasteiger partial charge in [-0.25, -0.2) is 0 Å². The van der Waals surface area contributed by atoms with Crippen LogP contribution in [0.15, 0.2) is 46.9 Å². The van der Waals surface area contributed by atoms with Crippen LogP contribution in [0.1, 0.15) is 5.56 Å². The van der Waals surface area contributed by atoms with Crippen molar-refractivity contribution in [3.05, 3.63) is 57.5 Å². The highest BCUT2D eigenvalue weighted by Gasteiger charge is 2.02. The predicted octanol–water partition coefficient (Wildman–Crippen LogP) is 4.26. The number of nitrogen functional groups attached to an aromatic ring is 1. The lowest BCUT2D eigenvalue weighted by Crippen LogP contribution is -1.97. The van der Waals surface area contributed by atoms with Crippen LogP contribution in [-0.2, 0) is 6.61 Å². The standard InChI is InChI=1S/C13H11BrClNO/c14-10-3-1-2-4-13(10)17-8-9-5-6-12(16)11(15)7-9/h1-7H,8,16H2. The highest BCUT2D eigenvalue weighted by Crippen LogP contribution is 2.25. The number of rotatable bonds is 3. The van der Waals surface area contributed by atoms with Gasteiger partial charge in [0.25, 0.3) is 0 Å². The van der Waals surface area contributed by atoms with E-state index in [1.165, 1.54) is 0 Å². The van der Waals surface area contributed by atoms with E-state index >= 15 is 0 Å². The summed E-state index contributed by atoms with van der Waals surface area (Å²) in [7, 11) is 0. The van der Waals surface area contributed by atoms with Crippen molar-refractivity contribution >= 4 is 33.2 Å². The molecule has 0 unspecified atom stereocenters. The summed E-state index contributed by atoms with van der Waals surface area (Å²) in [6, 6.07) is 13.2. The fraction of sp³-hybridized carbons (Fsp3) is 0.0769. The minimum Gasteiger partial charge on any atom is -0.488 e. The zero-order valence-electron chi connectivity index (χ0n) is 8.99. The lowest BCUT2D eigenvalue weighted by atomic mass is 10.2. The van der Waals surface area contributed by atoms with Gasteiger partial charge in [-0.15, -0.1) is 0 Å². The Morgan fingerprint density at radius 2 is 1.94 bits per heavy atom. The van der Waals surface area contributed by atoms with Gasteiger partial charge in [-0.3, -0.25) is 0 Å². The van der Waals surface area contributed by atoms with Crippen LogP contribution in [0.5, 0.6) is 5.75 Å². The fourth-order valence-corrected chi connectivity index (χ4v) is 1.99. The molecule has 2 rings (SSSR count). The maximum atomic E-state index is 5.94. The summed E-state index contributed by atoms with van der Waals surface area (Å²) in [6.07, 6.45) is 0.